The largest absolute Gasteiger partial charge is 0.385 e. The van der Waals surface area contributed by atoms with Gasteiger partial charge in [0.05, 0.1) is 5.60 Å². The molecule has 2 aliphatic rings. The van der Waals surface area contributed by atoms with Crippen molar-refractivity contribution in [2.45, 2.75) is 39.2 Å². The van der Waals surface area contributed by atoms with Gasteiger partial charge >= 0.3 is 0 Å². The van der Waals surface area contributed by atoms with Gasteiger partial charge in [0.2, 0.25) is 0 Å². The van der Waals surface area contributed by atoms with E-state index >= 15 is 0 Å². The van der Waals surface area contributed by atoms with E-state index in [1.807, 2.05) is 13.0 Å². The number of fused-ring (bicyclic) bond motifs is 1. The highest BCUT2D eigenvalue weighted by Gasteiger charge is 2.51. The first-order chi connectivity index (χ1) is 8.31. The van der Waals surface area contributed by atoms with E-state index in [2.05, 4.69) is 13.8 Å². The van der Waals surface area contributed by atoms with Crippen LogP contribution < -0.4 is 0 Å². The van der Waals surface area contributed by atoms with Gasteiger partial charge in [-0.15, -0.1) is 0 Å². The molecule has 2 aliphatic carbocycles. The number of aldehydes is 2. The summed E-state index contributed by atoms with van der Waals surface area (Å²) in [4.78, 5) is 22.1. The molecule has 3 nitrogen and oxygen atoms in total. The fourth-order valence-corrected chi connectivity index (χ4v) is 3.60. The maximum absolute atomic E-state index is 11.1. The summed E-state index contributed by atoms with van der Waals surface area (Å²) in [5.74, 6) is 0.158. The summed E-state index contributed by atoms with van der Waals surface area (Å²) in [6.07, 6.45) is 6.31. The van der Waals surface area contributed by atoms with Crippen molar-refractivity contribution in [3.8, 4) is 0 Å². The molecular formula is C15H20O3. The predicted octanol–water partition coefficient (Wildman–Crippen LogP) is 2.05. The lowest BCUT2D eigenvalue weighted by molar-refractivity contribution is -0.107. The lowest BCUT2D eigenvalue weighted by atomic mass is 9.82. The topological polar surface area (TPSA) is 54.4 Å². The first-order valence-electron chi connectivity index (χ1n) is 6.39. The lowest BCUT2D eigenvalue weighted by Gasteiger charge is -2.29. The van der Waals surface area contributed by atoms with Gasteiger partial charge in [-0.05, 0) is 36.2 Å². The van der Waals surface area contributed by atoms with Gasteiger partial charge < -0.3 is 5.11 Å². The zero-order valence-electron chi connectivity index (χ0n) is 11.1. The average molecular weight is 248 g/mol. The van der Waals surface area contributed by atoms with Crippen LogP contribution in [-0.2, 0) is 9.59 Å². The highest BCUT2D eigenvalue weighted by atomic mass is 16.3. The highest BCUT2D eigenvalue weighted by Crippen LogP contribution is 2.52. The number of rotatable bonds is 2. The number of carbonyl (C=O) groups is 2. The SMILES string of the molecule is C[C@H]1C=C(C=O)C(C=O)=C[C@@]2(O)CC(C)(C)C[C@@H]12. The van der Waals surface area contributed by atoms with Gasteiger partial charge in [-0.2, -0.15) is 0 Å². The Bertz CT molecular complexity index is 445. The number of aliphatic hydroxyl groups is 1. The summed E-state index contributed by atoms with van der Waals surface area (Å²) < 4.78 is 0. The molecule has 18 heavy (non-hydrogen) atoms. The van der Waals surface area contributed by atoms with Crippen molar-refractivity contribution in [2.24, 2.45) is 17.3 Å². The second-order valence-corrected chi connectivity index (χ2v) is 6.46. The van der Waals surface area contributed by atoms with Crippen LogP contribution >= 0.6 is 0 Å². The van der Waals surface area contributed by atoms with Crippen molar-refractivity contribution in [1.82, 2.24) is 0 Å². The Morgan fingerprint density at radius 3 is 2.44 bits per heavy atom. The Labute approximate surface area is 108 Å². The third-order valence-corrected chi connectivity index (χ3v) is 4.25. The zero-order chi connectivity index (χ0) is 13.6. The molecule has 1 saturated carbocycles. The van der Waals surface area contributed by atoms with Gasteiger partial charge in [-0.25, -0.2) is 0 Å². The number of allylic oxidation sites excluding steroid dienone is 3. The first-order valence-corrected chi connectivity index (χ1v) is 6.39. The Hall–Kier alpha value is -1.22. The summed E-state index contributed by atoms with van der Waals surface area (Å²) in [5, 5.41) is 10.8. The van der Waals surface area contributed by atoms with Crippen LogP contribution in [0.3, 0.4) is 0 Å². The Balaban J connectivity index is 2.51. The van der Waals surface area contributed by atoms with Crippen LogP contribution in [0.15, 0.2) is 23.3 Å². The van der Waals surface area contributed by atoms with Crippen LogP contribution in [0.2, 0.25) is 0 Å². The molecular weight excluding hydrogens is 228 g/mol. The summed E-state index contributed by atoms with van der Waals surface area (Å²) in [6.45, 7) is 6.26. The molecule has 0 radical (unpaired) electrons. The maximum Gasteiger partial charge on any atom is 0.150 e. The molecule has 3 heteroatoms. The summed E-state index contributed by atoms with van der Waals surface area (Å²) in [6, 6.07) is 0. The molecule has 2 rings (SSSR count). The fourth-order valence-electron chi connectivity index (χ4n) is 3.60. The van der Waals surface area contributed by atoms with E-state index in [-0.39, 0.29) is 17.3 Å². The number of carbonyl (C=O) groups excluding carboxylic acids is 2. The van der Waals surface area contributed by atoms with Gasteiger partial charge in [0.1, 0.15) is 6.29 Å². The van der Waals surface area contributed by atoms with E-state index in [1.54, 1.807) is 6.08 Å². The van der Waals surface area contributed by atoms with Crippen molar-refractivity contribution >= 4 is 12.6 Å². The number of hydrogen-bond donors (Lipinski definition) is 1. The zero-order valence-corrected chi connectivity index (χ0v) is 11.1. The maximum atomic E-state index is 11.1. The third kappa shape index (κ3) is 2.07. The fraction of sp³-hybridized carbons (Fsp3) is 0.600. The van der Waals surface area contributed by atoms with Crippen LogP contribution in [0.4, 0.5) is 0 Å². The molecule has 3 atom stereocenters. The van der Waals surface area contributed by atoms with Crippen LogP contribution in [0.5, 0.6) is 0 Å². The summed E-state index contributed by atoms with van der Waals surface area (Å²) >= 11 is 0. The Morgan fingerprint density at radius 1 is 1.28 bits per heavy atom. The van der Waals surface area contributed by atoms with Crippen LogP contribution in [0, 0.1) is 17.3 Å². The van der Waals surface area contributed by atoms with Crippen molar-refractivity contribution < 1.29 is 14.7 Å². The van der Waals surface area contributed by atoms with Gasteiger partial charge in [-0.3, -0.25) is 9.59 Å². The van der Waals surface area contributed by atoms with E-state index in [4.69, 9.17) is 0 Å². The average Bonchev–Trinajstić information content (AvgIpc) is 2.48. The monoisotopic (exact) mass is 248 g/mol. The molecule has 0 unspecified atom stereocenters. The lowest BCUT2D eigenvalue weighted by Crippen LogP contribution is -2.34. The number of hydrogen-bond acceptors (Lipinski definition) is 3. The Morgan fingerprint density at radius 2 is 1.89 bits per heavy atom. The van der Waals surface area contributed by atoms with Crippen molar-refractivity contribution in [3.05, 3.63) is 23.3 Å². The van der Waals surface area contributed by atoms with E-state index in [0.29, 0.717) is 30.1 Å². The van der Waals surface area contributed by atoms with E-state index in [1.165, 1.54) is 0 Å². The van der Waals surface area contributed by atoms with Crippen molar-refractivity contribution in [2.75, 3.05) is 0 Å². The van der Waals surface area contributed by atoms with Crippen LogP contribution in [0.25, 0.3) is 0 Å². The van der Waals surface area contributed by atoms with Gasteiger partial charge in [0.15, 0.2) is 6.29 Å². The van der Waals surface area contributed by atoms with E-state index in [9.17, 15) is 14.7 Å². The van der Waals surface area contributed by atoms with Gasteiger partial charge in [-0.1, -0.05) is 26.8 Å². The van der Waals surface area contributed by atoms with Crippen LogP contribution in [0.1, 0.15) is 33.6 Å². The van der Waals surface area contributed by atoms with Crippen LogP contribution in [-0.4, -0.2) is 23.3 Å². The highest BCUT2D eigenvalue weighted by molar-refractivity contribution is 5.95. The minimum Gasteiger partial charge on any atom is -0.385 e. The molecule has 0 saturated heterocycles. The standard InChI is InChI=1S/C15H20O3/c1-10-4-11(7-16)12(8-17)5-15(18)9-14(2,3)6-13(10)15/h4-5,7-8,10,13,18H,6,9H2,1-3H3/t10-,13-,15+/m0/s1. The third-order valence-electron chi connectivity index (χ3n) is 4.25. The molecule has 0 amide bonds. The van der Waals surface area contributed by atoms with E-state index < -0.39 is 5.60 Å². The van der Waals surface area contributed by atoms with Crippen molar-refractivity contribution in [1.29, 1.82) is 0 Å². The molecule has 0 bridgehead atoms. The molecule has 98 valence electrons. The molecule has 0 heterocycles. The summed E-state index contributed by atoms with van der Waals surface area (Å²) in [7, 11) is 0. The predicted molar refractivity (Wildman–Crippen MR) is 68.9 cm³/mol. The minimum atomic E-state index is -0.972. The second kappa shape index (κ2) is 4.16. The van der Waals surface area contributed by atoms with E-state index in [0.717, 1.165) is 6.42 Å². The molecule has 0 aromatic heterocycles. The quantitative estimate of drug-likeness (QED) is 0.761. The normalized spacial score (nSPS) is 38.2. The Kier molecular flexibility index (Phi) is 3.06. The molecule has 0 aromatic rings. The molecule has 0 aliphatic heterocycles. The second-order valence-electron chi connectivity index (χ2n) is 6.46. The molecule has 0 spiro atoms. The smallest absolute Gasteiger partial charge is 0.150 e. The van der Waals surface area contributed by atoms with Gasteiger partial charge in [0, 0.05) is 11.1 Å². The molecule has 0 aromatic carbocycles. The molecule has 1 fully saturated rings. The minimum absolute atomic E-state index is 0.0602. The van der Waals surface area contributed by atoms with Crippen molar-refractivity contribution in [3.63, 3.8) is 0 Å². The first kappa shape index (κ1) is 13.2. The molecule has 1 N–H and O–H groups in total. The van der Waals surface area contributed by atoms with Gasteiger partial charge in [0.25, 0.3) is 0 Å². The summed E-state index contributed by atoms with van der Waals surface area (Å²) in [5.41, 5.74) is -0.192.